The highest BCUT2D eigenvalue weighted by atomic mass is 16.3. The van der Waals surface area contributed by atoms with Crippen molar-refractivity contribution in [2.24, 2.45) is 0 Å². The molecule has 8 heteroatoms. The van der Waals surface area contributed by atoms with Crippen molar-refractivity contribution in [3.8, 4) is 0 Å². The lowest BCUT2D eigenvalue weighted by molar-refractivity contribution is -0.122. The van der Waals surface area contributed by atoms with Gasteiger partial charge < -0.3 is 19.6 Å². The van der Waals surface area contributed by atoms with Crippen LogP contribution in [0.3, 0.4) is 0 Å². The van der Waals surface area contributed by atoms with E-state index in [0.717, 1.165) is 30.9 Å². The molecule has 0 aliphatic heterocycles. The van der Waals surface area contributed by atoms with Crippen molar-refractivity contribution in [1.29, 1.82) is 0 Å². The van der Waals surface area contributed by atoms with Crippen LogP contribution >= 0.6 is 0 Å². The molecule has 1 saturated carbocycles. The number of aliphatic hydroxyl groups is 1. The summed E-state index contributed by atoms with van der Waals surface area (Å²) >= 11 is 0. The van der Waals surface area contributed by atoms with Crippen molar-refractivity contribution in [2.75, 3.05) is 0 Å². The van der Waals surface area contributed by atoms with E-state index < -0.39 is 0 Å². The van der Waals surface area contributed by atoms with Crippen LogP contribution in [-0.4, -0.2) is 36.4 Å². The number of pyridine rings is 1. The first-order valence-corrected chi connectivity index (χ1v) is 9.02. The second-order valence-electron chi connectivity index (χ2n) is 6.72. The minimum absolute atomic E-state index is 0.0448. The van der Waals surface area contributed by atoms with Gasteiger partial charge in [-0.3, -0.25) is 9.59 Å². The van der Waals surface area contributed by atoms with Crippen LogP contribution in [0, 0.1) is 6.92 Å². The summed E-state index contributed by atoms with van der Waals surface area (Å²) in [7, 11) is 0. The number of hydrogen-bond donors (Lipinski definition) is 2. The summed E-state index contributed by atoms with van der Waals surface area (Å²) in [4.78, 5) is 24.0. The third-order valence-electron chi connectivity index (χ3n) is 5.01. The topological polar surface area (TPSA) is 102 Å². The van der Waals surface area contributed by atoms with Gasteiger partial charge in [-0.25, -0.2) is 0 Å². The molecule has 2 N–H and O–H groups in total. The molecule has 1 aliphatic carbocycles. The average Bonchev–Trinajstić information content (AvgIpc) is 2.99. The van der Waals surface area contributed by atoms with Crippen LogP contribution in [-0.2, 0) is 24.5 Å². The van der Waals surface area contributed by atoms with Gasteiger partial charge in [0.05, 0.1) is 0 Å². The highest BCUT2D eigenvalue weighted by Crippen LogP contribution is 2.36. The SMILES string of the molecule is CCn1c(CO)nnc1C1CC(NC(=O)CCn2c(C)cccc2=O)C1. The second kappa shape index (κ2) is 7.82. The molecule has 2 heterocycles. The van der Waals surface area contributed by atoms with Crippen molar-refractivity contribution >= 4 is 5.91 Å². The Morgan fingerprint density at radius 2 is 2.08 bits per heavy atom. The van der Waals surface area contributed by atoms with Gasteiger partial charge in [0.25, 0.3) is 5.56 Å². The first-order valence-electron chi connectivity index (χ1n) is 9.02. The first-order chi connectivity index (χ1) is 12.5. The summed E-state index contributed by atoms with van der Waals surface area (Å²) in [6.07, 6.45) is 1.92. The Kier molecular flexibility index (Phi) is 5.51. The van der Waals surface area contributed by atoms with Crippen LogP contribution in [0.4, 0.5) is 0 Å². The Morgan fingerprint density at radius 3 is 2.73 bits per heavy atom. The molecular weight excluding hydrogens is 334 g/mol. The normalized spacial score (nSPS) is 19.2. The van der Waals surface area contributed by atoms with Gasteiger partial charge in [0.2, 0.25) is 5.91 Å². The number of carbonyl (C=O) groups is 1. The van der Waals surface area contributed by atoms with Crippen LogP contribution in [0.5, 0.6) is 0 Å². The Morgan fingerprint density at radius 1 is 1.31 bits per heavy atom. The molecule has 3 rings (SSSR count). The number of nitrogens with zero attached hydrogens (tertiary/aromatic N) is 4. The van der Waals surface area contributed by atoms with Gasteiger partial charge in [-0.1, -0.05) is 6.07 Å². The van der Waals surface area contributed by atoms with Gasteiger partial charge >= 0.3 is 0 Å². The van der Waals surface area contributed by atoms with Crippen LogP contribution in [0.2, 0.25) is 0 Å². The van der Waals surface area contributed by atoms with Gasteiger partial charge in [-0.2, -0.15) is 0 Å². The fraction of sp³-hybridized carbons (Fsp3) is 0.556. The Labute approximate surface area is 151 Å². The molecule has 1 aliphatic rings. The van der Waals surface area contributed by atoms with Gasteiger partial charge in [0.15, 0.2) is 5.82 Å². The fourth-order valence-electron chi connectivity index (χ4n) is 3.48. The lowest BCUT2D eigenvalue weighted by Gasteiger charge is -2.35. The molecule has 0 aromatic carbocycles. The molecule has 1 fully saturated rings. The summed E-state index contributed by atoms with van der Waals surface area (Å²) in [5.74, 6) is 1.68. The van der Waals surface area contributed by atoms with E-state index in [-0.39, 0.29) is 36.5 Å². The van der Waals surface area contributed by atoms with Crippen LogP contribution in [0.15, 0.2) is 23.0 Å². The van der Waals surface area contributed by atoms with Crippen molar-refractivity contribution in [3.63, 3.8) is 0 Å². The van der Waals surface area contributed by atoms with E-state index in [1.165, 1.54) is 6.07 Å². The number of aliphatic hydroxyl groups excluding tert-OH is 1. The summed E-state index contributed by atoms with van der Waals surface area (Å²) in [6.45, 7) is 4.85. The average molecular weight is 359 g/mol. The van der Waals surface area contributed by atoms with Gasteiger partial charge in [-0.05, 0) is 32.8 Å². The highest BCUT2D eigenvalue weighted by molar-refractivity contribution is 5.76. The minimum Gasteiger partial charge on any atom is -0.388 e. The molecule has 0 spiro atoms. The number of amides is 1. The zero-order valence-corrected chi connectivity index (χ0v) is 15.2. The number of carbonyl (C=O) groups excluding carboxylic acids is 1. The first kappa shape index (κ1) is 18.3. The maximum absolute atomic E-state index is 12.2. The molecule has 1 amide bonds. The Hall–Kier alpha value is -2.48. The summed E-state index contributed by atoms with van der Waals surface area (Å²) in [5, 5.41) is 20.5. The predicted molar refractivity (Wildman–Crippen MR) is 95.6 cm³/mol. The molecule has 0 unspecified atom stereocenters. The van der Waals surface area contributed by atoms with E-state index in [2.05, 4.69) is 15.5 Å². The van der Waals surface area contributed by atoms with E-state index in [1.54, 1.807) is 10.6 Å². The van der Waals surface area contributed by atoms with Crippen LogP contribution in [0.1, 0.15) is 49.4 Å². The predicted octanol–water partition coefficient (Wildman–Crippen LogP) is 0.713. The molecule has 0 radical (unpaired) electrons. The number of nitrogens with one attached hydrogen (secondary N) is 1. The molecule has 140 valence electrons. The van der Waals surface area contributed by atoms with E-state index >= 15 is 0 Å². The maximum Gasteiger partial charge on any atom is 0.250 e. The molecular formula is C18H25N5O3. The number of aromatic nitrogens is 4. The van der Waals surface area contributed by atoms with Crippen molar-refractivity contribution < 1.29 is 9.90 Å². The molecule has 2 aromatic heterocycles. The standard InChI is InChI=1S/C18H25N5O3/c1-3-22-15(11-24)20-21-18(22)13-9-14(10-13)19-16(25)7-8-23-12(2)5-4-6-17(23)26/h4-6,13-14,24H,3,7-11H2,1-2H3,(H,19,25). The summed E-state index contributed by atoms with van der Waals surface area (Å²) in [5.41, 5.74) is 0.771. The molecule has 26 heavy (non-hydrogen) atoms. The fourth-order valence-corrected chi connectivity index (χ4v) is 3.48. The minimum atomic E-state index is -0.119. The lowest BCUT2D eigenvalue weighted by Crippen LogP contribution is -2.44. The smallest absolute Gasteiger partial charge is 0.250 e. The molecule has 0 atom stereocenters. The van der Waals surface area contributed by atoms with Crippen LogP contribution in [0.25, 0.3) is 0 Å². The van der Waals surface area contributed by atoms with E-state index in [9.17, 15) is 14.7 Å². The zero-order valence-electron chi connectivity index (χ0n) is 15.2. The van der Waals surface area contributed by atoms with Gasteiger partial charge in [-0.15, -0.1) is 10.2 Å². The Balaban J connectivity index is 1.49. The van der Waals surface area contributed by atoms with E-state index in [1.807, 2.05) is 24.5 Å². The van der Waals surface area contributed by atoms with E-state index in [0.29, 0.717) is 12.4 Å². The third-order valence-corrected chi connectivity index (χ3v) is 5.01. The van der Waals surface area contributed by atoms with Gasteiger partial charge in [0.1, 0.15) is 12.4 Å². The highest BCUT2D eigenvalue weighted by Gasteiger charge is 2.35. The summed E-state index contributed by atoms with van der Waals surface area (Å²) in [6, 6.07) is 5.22. The van der Waals surface area contributed by atoms with Gasteiger partial charge in [0, 0.05) is 43.2 Å². The lowest BCUT2D eigenvalue weighted by atomic mass is 9.79. The van der Waals surface area contributed by atoms with Crippen molar-refractivity contribution in [1.82, 2.24) is 24.6 Å². The van der Waals surface area contributed by atoms with E-state index in [4.69, 9.17) is 0 Å². The summed E-state index contributed by atoms with van der Waals surface area (Å²) < 4.78 is 3.55. The largest absolute Gasteiger partial charge is 0.388 e. The van der Waals surface area contributed by atoms with Crippen LogP contribution < -0.4 is 10.9 Å². The van der Waals surface area contributed by atoms with Crippen molar-refractivity contribution in [2.45, 2.75) is 64.8 Å². The maximum atomic E-state index is 12.2. The third kappa shape index (κ3) is 3.70. The number of rotatable bonds is 7. The zero-order chi connectivity index (χ0) is 18.7. The van der Waals surface area contributed by atoms with Crippen molar-refractivity contribution in [3.05, 3.63) is 45.9 Å². The molecule has 0 bridgehead atoms. The number of hydrogen-bond acceptors (Lipinski definition) is 5. The molecule has 2 aromatic rings. The number of aryl methyl sites for hydroxylation is 1. The quantitative estimate of drug-likeness (QED) is 0.758. The molecule has 0 saturated heterocycles. The monoisotopic (exact) mass is 359 g/mol. The Bertz CT molecular complexity index is 836. The molecule has 8 nitrogen and oxygen atoms in total. The second-order valence-corrected chi connectivity index (χ2v) is 6.72.